The van der Waals surface area contributed by atoms with Gasteiger partial charge in [-0.15, -0.1) is 0 Å². The van der Waals surface area contributed by atoms with E-state index >= 15 is 4.39 Å². The quantitative estimate of drug-likeness (QED) is 0.364. The van der Waals surface area contributed by atoms with Gasteiger partial charge in [0.2, 0.25) is 5.91 Å². The second-order valence-electron chi connectivity index (χ2n) is 10.2. The summed E-state index contributed by atoms with van der Waals surface area (Å²) in [5.41, 5.74) is -0.442. The van der Waals surface area contributed by atoms with Gasteiger partial charge in [-0.1, -0.05) is 39.0 Å². The zero-order valence-electron chi connectivity index (χ0n) is 20.4. The molecule has 2 amide bonds. The lowest BCUT2D eigenvalue weighted by molar-refractivity contribution is -0.158. The van der Waals surface area contributed by atoms with Gasteiger partial charge < -0.3 is 26.4 Å². The van der Waals surface area contributed by atoms with E-state index in [4.69, 9.17) is 0 Å². The minimum absolute atomic E-state index is 0.0696. The van der Waals surface area contributed by atoms with Crippen molar-refractivity contribution in [2.24, 2.45) is 0 Å². The number of carbonyl (C=O) groups is 3. The highest BCUT2D eigenvalue weighted by Crippen LogP contribution is 2.32. The summed E-state index contributed by atoms with van der Waals surface area (Å²) >= 11 is 0. The highest BCUT2D eigenvalue weighted by atomic mass is 19.1. The van der Waals surface area contributed by atoms with Crippen LogP contribution in [0.1, 0.15) is 87.9 Å². The van der Waals surface area contributed by atoms with Crippen LogP contribution in [-0.2, 0) is 9.59 Å². The van der Waals surface area contributed by atoms with Crippen LogP contribution in [0, 0.1) is 5.82 Å². The first-order valence-corrected chi connectivity index (χ1v) is 13.0. The van der Waals surface area contributed by atoms with Crippen molar-refractivity contribution >= 4 is 29.0 Å². The van der Waals surface area contributed by atoms with Crippen molar-refractivity contribution in [1.82, 2.24) is 10.6 Å². The third-order valence-corrected chi connectivity index (χ3v) is 7.76. The van der Waals surface area contributed by atoms with Crippen molar-refractivity contribution in [3.63, 3.8) is 0 Å². The Hall–Kier alpha value is -2.68. The lowest BCUT2D eigenvalue weighted by Crippen LogP contribution is -2.67. The van der Waals surface area contributed by atoms with E-state index in [-0.39, 0.29) is 42.8 Å². The third-order valence-electron chi connectivity index (χ3n) is 7.76. The van der Waals surface area contributed by atoms with E-state index < -0.39 is 29.3 Å². The van der Waals surface area contributed by atoms with Crippen LogP contribution >= 0.6 is 0 Å². The van der Waals surface area contributed by atoms with Crippen LogP contribution in [0.3, 0.4) is 0 Å². The first-order valence-electron chi connectivity index (χ1n) is 13.0. The molecule has 3 saturated carbocycles. The van der Waals surface area contributed by atoms with Crippen LogP contribution < -0.4 is 21.3 Å². The Labute approximate surface area is 205 Å². The van der Waals surface area contributed by atoms with Crippen molar-refractivity contribution in [1.29, 1.82) is 0 Å². The normalized spacial score (nSPS) is 25.1. The summed E-state index contributed by atoms with van der Waals surface area (Å²) in [6.45, 7) is 1.34. The number of hydrogen-bond acceptors (Lipinski definition) is 6. The van der Waals surface area contributed by atoms with Crippen molar-refractivity contribution in [3.05, 3.63) is 23.5 Å². The number of halogens is 1. The summed E-state index contributed by atoms with van der Waals surface area (Å²) in [5.74, 6) is -1.86. The van der Waals surface area contributed by atoms with Crippen molar-refractivity contribution in [2.75, 3.05) is 17.2 Å². The highest BCUT2D eigenvalue weighted by molar-refractivity contribution is 6.02. The van der Waals surface area contributed by atoms with Crippen molar-refractivity contribution in [2.45, 2.75) is 101 Å². The van der Waals surface area contributed by atoms with Gasteiger partial charge in [-0.05, 0) is 44.2 Å². The fourth-order valence-corrected chi connectivity index (χ4v) is 5.46. The summed E-state index contributed by atoms with van der Waals surface area (Å²) < 4.78 is 15.0. The zero-order chi connectivity index (χ0) is 25.0. The number of aliphatic hydroxyl groups is 1. The molecule has 3 fully saturated rings. The molecule has 0 spiro atoms. The molecule has 3 aliphatic rings. The lowest BCUT2D eigenvalue weighted by Gasteiger charge is -2.43. The summed E-state index contributed by atoms with van der Waals surface area (Å²) in [6.07, 6.45) is 9.95. The summed E-state index contributed by atoms with van der Waals surface area (Å²) in [4.78, 5) is 37.0. The molecule has 0 radical (unpaired) electrons. The van der Waals surface area contributed by atoms with Crippen molar-refractivity contribution < 1.29 is 23.9 Å². The van der Waals surface area contributed by atoms with Gasteiger partial charge >= 0.3 is 0 Å². The maximum atomic E-state index is 15.0. The predicted octanol–water partition coefficient (Wildman–Crippen LogP) is 3.25. The fourth-order valence-electron chi connectivity index (χ4n) is 5.46. The maximum absolute atomic E-state index is 15.0. The van der Waals surface area contributed by atoms with Gasteiger partial charge in [-0.3, -0.25) is 14.4 Å². The molecule has 0 heterocycles. The number of hydrogen-bond donors (Lipinski definition) is 5. The monoisotopic (exact) mass is 488 g/mol. The molecule has 4 rings (SSSR count). The second kappa shape index (κ2) is 10.9. The van der Waals surface area contributed by atoms with Gasteiger partial charge in [-0.25, -0.2) is 4.39 Å². The Morgan fingerprint density at radius 2 is 1.60 bits per heavy atom. The van der Waals surface area contributed by atoms with Gasteiger partial charge in [0.15, 0.2) is 5.78 Å². The molecule has 2 atom stereocenters. The molecule has 0 aromatic heterocycles. The maximum Gasteiger partial charge on any atom is 0.253 e. The van der Waals surface area contributed by atoms with E-state index in [0.29, 0.717) is 11.4 Å². The van der Waals surface area contributed by atoms with Crippen molar-refractivity contribution in [3.8, 4) is 0 Å². The van der Waals surface area contributed by atoms with E-state index in [1.54, 1.807) is 13.0 Å². The van der Waals surface area contributed by atoms with Crippen LogP contribution in [0.4, 0.5) is 15.8 Å². The van der Waals surface area contributed by atoms with Crippen LogP contribution in [-0.4, -0.2) is 53.0 Å². The van der Waals surface area contributed by atoms with Crippen LogP contribution in [0.25, 0.3) is 0 Å². The molecule has 0 aliphatic heterocycles. The molecule has 1 aromatic rings. The molecule has 2 unspecified atom stereocenters. The fraction of sp³-hybridized carbons (Fsp3) is 0.654. The average Bonchev–Trinajstić information content (AvgIpc) is 3.37. The average molecular weight is 489 g/mol. The van der Waals surface area contributed by atoms with Gasteiger partial charge in [-0.2, -0.15) is 0 Å². The number of anilines is 2. The minimum atomic E-state index is -1.54. The molecule has 8 nitrogen and oxygen atoms in total. The Bertz CT molecular complexity index is 959. The van der Waals surface area contributed by atoms with E-state index in [2.05, 4.69) is 21.3 Å². The van der Waals surface area contributed by atoms with E-state index in [1.807, 2.05) is 0 Å². The first kappa shape index (κ1) is 25.4. The number of nitrogens with one attached hydrogen (secondary N) is 4. The molecule has 5 N–H and O–H groups in total. The molecule has 9 heteroatoms. The van der Waals surface area contributed by atoms with E-state index in [0.717, 1.165) is 51.4 Å². The zero-order valence-corrected chi connectivity index (χ0v) is 20.4. The SMILES string of the molecule is CCC1(O)C(=O)CC1NC(=O)CNC(=O)c1cc(F)c(NC2CCCCC2)cc1NC1CCCC1. The summed E-state index contributed by atoms with van der Waals surface area (Å²) in [7, 11) is 0. The molecule has 192 valence electrons. The molecule has 1 aromatic carbocycles. The van der Waals surface area contributed by atoms with Gasteiger partial charge in [0.25, 0.3) is 5.91 Å². The molecule has 0 saturated heterocycles. The Balaban J connectivity index is 1.43. The van der Waals surface area contributed by atoms with Gasteiger partial charge in [0.1, 0.15) is 11.4 Å². The number of benzene rings is 1. The molecule has 3 aliphatic carbocycles. The van der Waals surface area contributed by atoms with Crippen LogP contribution in [0.2, 0.25) is 0 Å². The Kier molecular flexibility index (Phi) is 7.94. The van der Waals surface area contributed by atoms with Crippen LogP contribution in [0.5, 0.6) is 0 Å². The molecule has 0 bridgehead atoms. The second-order valence-corrected chi connectivity index (χ2v) is 10.2. The number of amides is 2. The first-order chi connectivity index (χ1) is 16.8. The molecular weight excluding hydrogens is 451 g/mol. The standard InChI is InChI=1S/C26H37FN4O4/c1-2-26(35)22(14-23(26)32)31-24(33)15-28-25(34)18-12-19(27)21(30-17-8-4-3-5-9-17)13-20(18)29-16-10-6-7-11-16/h12-13,16-17,22,29-30,35H,2-11,14-15H2,1H3,(H,28,34)(H,31,33). The summed E-state index contributed by atoms with van der Waals surface area (Å²) in [5, 5.41) is 22.2. The Morgan fingerprint density at radius 1 is 1.00 bits per heavy atom. The number of ketones is 1. The Morgan fingerprint density at radius 3 is 2.20 bits per heavy atom. The smallest absolute Gasteiger partial charge is 0.253 e. The largest absolute Gasteiger partial charge is 0.382 e. The third kappa shape index (κ3) is 5.77. The summed E-state index contributed by atoms with van der Waals surface area (Å²) in [6, 6.07) is 2.70. The topological polar surface area (TPSA) is 120 Å². The number of Topliss-reactive ketones (excluding diaryl/α,β-unsaturated/α-hetero) is 1. The molecular formula is C26H37FN4O4. The molecule has 35 heavy (non-hydrogen) atoms. The number of rotatable bonds is 9. The van der Waals surface area contributed by atoms with E-state index in [1.165, 1.54) is 12.5 Å². The van der Waals surface area contributed by atoms with Gasteiger partial charge in [0.05, 0.1) is 23.8 Å². The highest BCUT2D eigenvalue weighted by Gasteiger charge is 2.52. The number of carbonyl (C=O) groups excluding carboxylic acids is 3. The predicted molar refractivity (Wildman–Crippen MR) is 132 cm³/mol. The van der Waals surface area contributed by atoms with Gasteiger partial charge in [0, 0.05) is 24.2 Å². The lowest BCUT2D eigenvalue weighted by atomic mass is 9.71. The minimum Gasteiger partial charge on any atom is -0.382 e. The van der Waals surface area contributed by atoms with Crippen LogP contribution in [0.15, 0.2) is 12.1 Å². The van der Waals surface area contributed by atoms with E-state index in [9.17, 15) is 19.5 Å².